The van der Waals surface area contributed by atoms with Crippen molar-refractivity contribution in [3.05, 3.63) is 0 Å². The number of nitrogens with one attached hydrogen (secondary N) is 1. The van der Waals surface area contributed by atoms with Gasteiger partial charge in [-0.2, -0.15) is 0 Å². The molecule has 1 aliphatic rings. The van der Waals surface area contributed by atoms with Crippen molar-refractivity contribution in [3.63, 3.8) is 0 Å². The van der Waals surface area contributed by atoms with E-state index in [4.69, 9.17) is 0 Å². The van der Waals surface area contributed by atoms with Gasteiger partial charge in [-0.3, -0.25) is 4.79 Å². The van der Waals surface area contributed by atoms with E-state index >= 15 is 0 Å². The summed E-state index contributed by atoms with van der Waals surface area (Å²) in [6.07, 6.45) is 1.99. The Morgan fingerprint density at radius 3 is 2.60 bits per heavy atom. The molecule has 0 spiro atoms. The first kappa shape index (κ1) is 12.5. The molecule has 1 aliphatic carbocycles. The van der Waals surface area contributed by atoms with Crippen LogP contribution in [0.5, 0.6) is 0 Å². The molecular formula is C11H21NO3. The van der Waals surface area contributed by atoms with Crippen molar-refractivity contribution in [1.82, 2.24) is 5.32 Å². The molecule has 0 radical (unpaired) electrons. The van der Waals surface area contributed by atoms with Crippen LogP contribution in [0.25, 0.3) is 0 Å². The average Bonchev–Trinajstić information content (AvgIpc) is 3.06. The molecule has 1 fully saturated rings. The van der Waals surface area contributed by atoms with Gasteiger partial charge in [-0.15, -0.1) is 0 Å². The van der Waals surface area contributed by atoms with Crippen LogP contribution >= 0.6 is 0 Å². The summed E-state index contributed by atoms with van der Waals surface area (Å²) in [5.41, 5.74) is 0. The SMILES string of the molecule is COC(=O)C(C)C(C)NCC(O)C1CC1. The van der Waals surface area contributed by atoms with Gasteiger partial charge in [0.25, 0.3) is 0 Å². The van der Waals surface area contributed by atoms with Crippen molar-refractivity contribution in [1.29, 1.82) is 0 Å². The highest BCUT2D eigenvalue weighted by molar-refractivity contribution is 5.72. The fraction of sp³-hybridized carbons (Fsp3) is 0.909. The summed E-state index contributed by atoms with van der Waals surface area (Å²) < 4.78 is 4.66. The van der Waals surface area contributed by atoms with E-state index in [0.717, 1.165) is 12.8 Å². The first-order valence-corrected chi connectivity index (χ1v) is 5.55. The van der Waals surface area contributed by atoms with Crippen LogP contribution in [0.2, 0.25) is 0 Å². The van der Waals surface area contributed by atoms with Crippen LogP contribution < -0.4 is 5.32 Å². The molecule has 3 atom stereocenters. The Kier molecular flexibility index (Phi) is 4.54. The molecule has 0 aromatic rings. The second-order valence-corrected chi connectivity index (χ2v) is 4.41. The van der Waals surface area contributed by atoms with Crippen molar-refractivity contribution >= 4 is 5.97 Å². The van der Waals surface area contributed by atoms with Gasteiger partial charge < -0.3 is 15.2 Å². The first-order chi connectivity index (χ1) is 7.06. The highest BCUT2D eigenvalue weighted by atomic mass is 16.5. The molecule has 0 saturated heterocycles. The number of esters is 1. The summed E-state index contributed by atoms with van der Waals surface area (Å²) in [6.45, 7) is 4.32. The third-order valence-electron chi connectivity index (χ3n) is 3.14. The number of rotatable bonds is 6. The molecule has 1 rings (SSSR count). The zero-order valence-corrected chi connectivity index (χ0v) is 9.69. The summed E-state index contributed by atoms with van der Waals surface area (Å²) >= 11 is 0. The molecule has 0 aromatic carbocycles. The quantitative estimate of drug-likeness (QED) is 0.635. The number of aliphatic hydroxyl groups excluding tert-OH is 1. The number of aliphatic hydroxyl groups is 1. The zero-order valence-electron chi connectivity index (χ0n) is 9.69. The minimum atomic E-state index is -0.266. The normalized spacial score (nSPS) is 21.9. The van der Waals surface area contributed by atoms with E-state index in [1.165, 1.54) is 7.11 Å². The predicted molar refractivity (Wildman–Crippen MR) is 57.4 cm³/mol. The third-order valence-corrected chi connectivity index (χ3v) is 3.14. The van der Waals surface area contributed by atoms with Crippen molar-refractivity contribution in [3.8, 4) is 0 Å². The summed E-state index contributed by atoms with van der Waals surface area (Å²) in [4.78, 5) is 11.2. The van der Waals surface area contributed by atoms with Gasteiger partial charge in [0.05, 0.1) is 19.1 Å². The molecule has 3 unspecified atom stereocenters. The van der Waals surface area contributed by atoms with E-state index in [1.54, 1.807) is 0 Å². The zero-order chi connectivity index (χ0) is 11.4. The van der Waals surface area contributed by atoms with Gasteiger partial charge >= 0.3 is 5.97 Å². The van der Waals surface area contributed by atoms with Crippen LogP contribution in [-0.2, 0) is 9.53 Å². The average molecular weight is 215 g/mol. The van der Waals surface area contributed by atoms with Crippen LogP contribution in [0.4, 0.5) is 0 Å². The molecule has 0 aromatic heterocycles. The Hall–Kier alpha value is -0.610. The maximum atomic E-state index is 11.2. The van der Waals surface area contributed by atoms with E-state index < -0.39 is 0 Å². The largest absolute Gasteiger partial charge is 0.469 e. The van der Waals surface area contributed by atoms with Gasteiger partial charge in [0.1, 0.15) is 0 Å². The Bertz CT molecular complexity index is 216. The molecule has 4 nitrogen and oxygen atoms in total. The van der Waals surface area contributed by atoms with E-state index in [-0.39, 0.29) is 24.0 Å². The van der Waals surface area contributed by atoms with Crippen LogP contribution in [0.1, 0.15) is 26.7 Å². The van der Waals surface area contributed by atoms with Gasteiger partial charge in [-0.05, 0) is 25.7 Å². The van der Waals surface area contributed by atoms with Gasteiger partial charge in [0.15, 0.2) is 0 Å². The number of ether oxygens (including phenoxy) is 1. The number of carbonyl (C=O) groups excluding carboxylic acids is 1. The van der Waals surface area contributed by atoms with E-state index in [0.29, 0.717) is 12.5 Å². The second kappa shape index (κ2) is 5.47. The summed E-state index contributed by atoms with van der Waals surface area (Å²) in [5, 5.41) is 12.8. The molecule has 88 valence electrons. The Labute approximate surface area is 91.0 Å². The smallest absolute Gasteiger partial charge is 0.309 e. The lowest BCUT2D eigenvalue weighted by Gasteiger charge is -2.21. The standard InChI is InChI=1S/C11H21NO3/c1-7(11(14)15-3)8(2)12-6-10(13)9-4-5-9/h7-10,12-13H,4-6H2,1-3H3. The predicted octanol–water partition coefficient (Wildman–Crippen LogP) is 0.544. The summed E-state index contributed by atoms with van der Waals surface area (Å²) in [6, 6.07) is 0.0332. The van der Waals surface area contributed by atoms with Gasteiger partial charge in [0, 0.05) is 12.6 Å². The lowest BCUT2D eigenvalue weighted by molar-refractivity contribution is -0.145. The fourth-order valence-corrected chi connectivity index (χ4v) is 1.52. The topological polar surface area (TPSA) is 58.6 Å². The Morgan fingerprint density at radius 2 is 2.13 bits per heavy atom. The van der Waals surface area contributed by atoms with E-state index in [9.17, 15) is 9.90 Å². The molecule has 2 N–H and O–H groups in total. The number of hydrogen-bond acceptors (Lipinski definition) is 4. The molecule has 1 saturated carbocycles. The maximum Gasteiger partial charge on any atom is 0.309 e. The van der Waals surface area contributed by atoms with Crippen molar-refractivity contribution in [2.24, 2.45) is 11.8 Å². The maximum absolute atomic E-state index is 11.2. The van der Waals surface area contributed by atoms with Crippen LogP contribution in [0.3, 0.4) is 0 Å². The van der Waals surface area contributed by atoms with Crippen molar-refractivity contribution in [2.75, 3.05) is 13.7 Å². The van der Waals surface area contributed by atoms with Crippen LogP contribution in [-0.4, -0.2) is 36.9 Å². The molecular weight excluding hydrogens is 194 g/mol. The van der Waals surface area contributed by atoms with Crippen LogP contribution in [0.15, 0.2) is 0 Å². The summed E-state index contributed by atoms with van der Waals surface area (Å²) in [5.74, 6) is 0.0791. The van der Waals surface area contributed by atoms with Crippen molar-refractivity contribution < 1.29 is 14.6 Å². The van der Waals surface area contributed by atoms with E-state index in [2.05, 4.69) is 10.1 Å². The number of hydrogen-bond donors (Lipinski definition) is 2. The molecule has 0 aliphatic heterocycles. The van der Waals surface area contributed by atoms with Gasteiger partial charge in [-0.25, -0.2) is 0 Å². The summed E-state index contributed by atoms with van der Waals surface area (Å²) in [7, 11) is 1.39. The van der Waals surface area contributed by atoms with Crippen molar-refractivity contribution in [2.45, 2.75) is 38.8 Å². The van der Waals surface area contributed by atoms with E-state index in [1.807, 2.05) is 13.8 Å². The Balaban J connectivity index is 2.21. The second-order valence-electron chi connectivity index (χ2n) is 4.41. The molecule has 0 bridgehead atoms. The minimum absolute atomic E-state index is 0.0332. The minimum Gasteiger partial charge on any atom is -0.469 e. The van der Waals surface area contributed by atoms with Crippen LogP contribution in [0, 0.1) is 11.8 Å². The third kappa shape index (κ3) is 3.80. The molecule has 4 heteroatoms. The monoisotopic (exact) mass is 215 g/mol. The molecule has 15 heavy (non-hydrogen) atoms. The first-order valence-electron chi connectivity index (χ1n) is 5.55. The highest BCUT2D eigenvalue weighted by Crippen LogP contribution is 2.32. The molecule has 0 heterocycles. The number of carbonyl (C=O) groups is 1. The fourth-order valence-electron chi connectivity index (χ4n) is 1.52. The van der Waals surface area contributed by atoms with Gasteiger partial charge in [0.2, 0.25) is 0 Å². The molecule has 0 amide bonds. The van der Waals surface area contributed by atoms with Gasteiger partial charge in [-0.1, -0.05) is 6.92 Å². The lowest BCUT2D eigenvalue weighted by Crippen LogP contribution is -2.41. The number of methoxy groups -OCH3 is 1. The highest BCUT2D eigenvalue weighted by Gasteiger charge is 2.30. The lowest BCUT2D eigenvalue weighted by atomic mass is 10.0. The Morgan fingerprint density at radius 1 is 1.53 bits per heavy atom.